The third-order valence-corrected chi connectivity index (χ3v) is 1.63. The Balaban J connectivity index is 3.09. The van der Waals surface area contributed by atoms with Crippen molar-refractivity contribution in [2.75, 3.05) is 0 Å². The Bertz CT molecular complexity index is 302. The maximum atomic E-state index is 10.5. The van der Waals surface area contributed by atoms with Crippen molar-refractivity contribution in [3.05, 3.63) is 17.5 Å². The molecule has 0 saturated heterocycles. The molecule has 0 fully saturated rings. The predicted molar refractivity (Wildman–Crippen MR) is 44.3 cm³/mol. The minimum Gasteiger partial charge on any atom is -0.476 e. The summed E-state index contributed by atoms with van der Waals surface area (Å²) in [6.07, 6.45) is 0. The number of aromatic nitrogens is 2. The van der Waals surface area contributed by atoms with Crippen LogP contribution in [0.15, 0.2) is 6.07 Å². The molecule has 4 heteroatoms. The van der Waals surface area contributed by atoms with E-state index >= 15 is 0 Å². The Morgan fingerprint density at radius 2 is 2.25 bits per heavy atom. The monoisotopic (exact) mass is 168 g/mol. The molecule has 0 unspecified atom stereocenters. The molecule has 0 saturated carbocycles. The molecule has 0 radical (unpaired) electrons. The molecule has 1 rings (SSSR count). The topological polar surface area (TPSA) is 55.1 Å². The summed E-state index contributed by atoms with van der Waals surface area (Å²) in [7, 11) is 0. The standard InChI is InChI=1S/C8H12N2O2/c1-5(2)10-6(3)4-7(9-10)8(11)12/h4-5H,1-3H3,(H,11,12). The molecule has 0 aromatic carbocycles. The minimum absolute atomic E-state index is 0.112. The van der Waals surface area contributed by atoms with Gasteiger partial charge in [0.25, 0.3) is 0 Å². The first-order valence-corrected chi connectivity index (χ1v) is 3.82. The van der Waals surface area contributed by atoms with Crippen molar-refractivity contribution in [1.82, 2.24) is 9.78 Å². The highest BCUT2D eigenvalue weighted by molar-refractivity contribution is 5.85. The van der Waals surface area contributed by atoms with E-state index in [9.17, 15) is 4.79 Å². The highest BCUT2D eigenvalue weighted by Gasteiger charge is 2.11. The zero-order valence-electron chi connectivity index (χ0n) is 7.40. The second-order valence-corrected chi connectivity index (χ2v) is 3.01. The van der Waals surface area contributed by atoms with E-state index in [1.165, 1.54) is 0 Å². The zero-order valence-corrected chi connectivity index (χ0v) is 7.40. The van der Waals surface area contributed by atoms with Crippen molar-refractivity contribution < 1.29 is 9.90 Å². The molecular formula is C8H12N2O2. The smallest absolute Gasteiger partial charge is 0.356 e. The first kappa shape index (κ1) is 8.77. The van der Waals surface area contributed by atoms with E-state index in [1.807, 2.05) is 20.8 Å². The Kier molecular flexibility index (Phi) is 2.17. The average molecular weight is 168 g/mol. The summed E-state index contributed by atoms with van der Waals surface area (Å²) in [4.78, 5) is 10.5. The van der Waals surface area contributed by atoms with Crippen molar-refractivity contribution in [3.8, 4) is 0 Å². The molecule has 1 N–H and O–H groups in total. The first-order valence-electron chi connectivity index (χ1n) is 3.82. The lowest BCUT2D eigenvalue weighted by atomic mass is 10.3. The summed E-state index contributed by atoms with van der Waals surface area (Å²) >= 11 is 0. The lowest BCUT2D eigenvalue weighted by Crippen LogP contribution is -2.06. The Hall–Kier alpha value is -1.32. The number of aryl methyl sites for hydroxylation is 1. The molecular weight excluding hydrogens is 156 g/mol. The molecule has 0 aliphatic rings. The SMILES string of the molecule is Cc1cc(C(=O)O)nn1C(C)C. The lowest BCUT2D eigenvalue weighted by molar-refractivity contribution is 0.0689. The van der Waals surface area contributed by atoms with Gasteiger partial charge in [0.15, 0.2) is 5.69 Å². The van der Waals surface area contributed by atoms with Crippen LogP contribution in [-0.4, -0.2) is 20.9 Å². The van der Waals surface area contributed by atoms with Crippen LogP contribution in [0.5, 0.6) is 0 Å². The van der Waals surface area contributed by atoms with Crippen LogP contribution in [0.25, 0.3) is 0 Å². The molecule has 1 heterocycles. The summed E-state index contributed by atoms with van der Waals surface area (Å²) in [5.74, 6) is -0.975. The van der Waals surface area contributed by atoms with Crippen molar-refractivity contribution in [1.29, 1.82) is 0 Å². The second kappa shape index (κ2) is 2.97. The highest BCUT2D eigenvalue weighted by atomic mass is 16.4. The van der Waals surface area contributed by atoms with Crippen molar-refractivity contribution in [2.24, 2.45) is 0 Å². The van der Waals surface area contributed by atoms with Crippen LogP contribution in [0.2, 0.25) is 0 Å². The fourth-order valence-corrected chi connectivity index (χ4v) is 1.12. The minimum atomic E-state index is -0.975. The maximum absolute atomic E-state index is 10.5. The molecule has 1 aromatic rings. The van der Waals surface area contributed by atoms with Crippen LogP contribution in [0, 0.1) is 6.92 Å². The van der Waals surface area contributed by atoms with Gasteiger partial charge in [0.05, 0.1) is 0 Å². The maximum Gasteiger partial charge on any atom is 0.356 e. The molecule has 66 valence electrons. The van der Waals surface area contributed by atoms with Crippen molar-refractivity contribution in [3.63, 3.8) is 0 Å². The van der Waals surface area contributed by atoms with Crippen LogP contribution < -0.4 is 0 Å². The summed E-state index contributed by atoms with van der Waals surface area (Å²) in [5, 5.41) is 12.6. The number of hydrogen-bond acceptors (Lipinski definition) is 2. The lowest BCUT2D eigenvalue weighted by Gasteiger charge is -2.06. The molecule has 0 atom stereocenters. The van der Waals surface area contributed by atoms with Gasteiger partial charge >= 0.3 is 5.97 Å². The van der Waals surface area contributed by atoms with E-state index in [4.69, 9.17) is 5.11 Å². The number of carboxylic acid groups (broad SMARTS) is 1. The predicted octanol–water partition coefficient (Wildman–Crippen LogP) is 1.47. The van der Waals surface area contributed by atoms with Crippen LogP contribution in [0.4, 0.5) is 0 Å². The number of nitrogens with zero attached hydrogens (tertiary/aromatic N) is 2. The molecule has 0 bridgehead atoms. The molecule has 12 heavy (non-hydrogen) atoms. The van der Waals surface area contributed by atoms with Gasteiger partial charge in [0.1, 0.15) is 0 Å². The van der Waals surface area contributed by atoms with Crippen LogP contribution in [0.3, 0.4) is 0 Å². The largest absolute Gasteiger partial charge is 0.476 e. The summed E-state index contributed by atoms with van der Waals surface area (Å²) in [6, 6.07) is 1.78. The first-order chi connectivity index (χ1) is 5.52. The zero-order chi connectivity index (χ0) is 9.30. The third kappa shape index (κ3) is 1.47. The van der Waals surface area contributed by atoms with Gasteiger partial charge in [0, 0.05) is 11.7 Å². The normalized spacial score (nSPS) is 10.7. The van der Waals surface area contributed by atoms with Crippen LogP contribution >= 0.6 is 0 Å². The second-order valence-electron chi connectivity index (χ2n) is 3.01. The summed E-state index contributed by atoms with van der Waals surface area (Å²) < 4.78 is 1.70. The van der Waals surface area contributed by atoms with Gasteiger partial charge in [-0.2, -0.15) is 5.10 Å². The fraction of sp³-hybridized carbons (Fsp3) is 0.500. The van der Waals surface area contributed by atoms with E-state index in [1.54, 1.807) is 10.7 Å². The number of aromatic carboxylic acids is 1. The van der Waals surface area contributed by atoms with E-state index in [0.717, 1.165) is 5.69 Å². The summed E-state index contributed by atoms with van der Waals surface area (Å²) in [5.41, 5.74) is 0.989. The quantitative estimate of drug-likeness (QED) is 0.727. The third-order valence-electron chi connectivity index (χ3n) is 1.63. The van der Waals surface area contributed by atoms with Gasteiger partial charge in [0.2, 0.25) is 0 Å². The van der Waals surface area contributed by atoms with Crippen molar-refractivity contribution >= 4 is 5.97 Å². The highest BCUT2D eigenvalue weighted by Crippen LogP contribution is 2.09. The average Bonchev–Trinajstić information content (AvgIpc) is 2.30. The summed E-state index contributed by atoms with van der Waals surface area (Å²) in [6.45, 7) is 5.77. The van der Waals surface area contributed by atoms with Gasteiger partial charge in [-0.3, -0.25) is 4.68 Å². The molecule has 1 aromatic heterocycles. The molecule has 0 aliphatic carbocycles. The van der Waals surface area contributed by atoms with E-state index in [-0.39, 0.29) is 11.7 Å². The molecule has 4 nitrogen and oxygen atoms in total. The van der Waals surface area contributed by atoms with Gasteiger partial charge < -0.3 is 5.11 Å². The Labute approximate surface area is 70.8 Å². The number of carboxylic acids is 1. The molecule has 0 aliphatic heterocycles. The Morgan fingerprint density at radius 3 is 2.50 bits per heavy atom. The number of hydrogen-bond donors (Lipinski definition) is 1. The van der Waals surface area contributed by atoms with Gasteiger partial charge in [-0.15, -0.1) is 0 Å². The van der Waals surface area contributed by atoms with Crippen molar-refractivity contribution in [2.45, 2.75) is 26.8 Å². The van der Waals surface area contributed by atoms with Crippen LogP contribution in [-0.2, 0) is 0 Å². The fourth-order valence-electron chi connectivity index (χ4n) is 1.12. The Morgan fingerprint density at radius 1 is 1.67 bits per heavy atom. The number of carbonyl (C=O) groups is 1. The van der Waals surface area contributed by atoms with Crippen LogP contribution in [0.1, 0.15) is 36.1 Å². The van der Waals surface area contributed by atoms with E-state index in [0.29, 0.717) is 0 Å². The van der Waals surface area contributed by atoms with Gasteiger partial charge in [-0.1, -0.05) is 0 Å². The van der Waals surface area contributed by atoms with E-state index < -0.39 is 5.97 Å². The number of rotatable bonds is 2. The molecule has 0 spiro atoms. The van der Waals surface area contributed by atoms with Gasteiger partial charge in [-0.05, 0) is 26.8 Å². The van der Waals surface area contributed by atoms with Gasteiger partial charge in [-0.25, -0.2) is 4.79 Å². The van der Waals surface area contributed by atoms with E-state index in [2.05, 4.69) is 5.10 Å². The molecule has 0 amide bonds.